The Morgan fingerprint density at radius 3 is 1.29 bits per heavy atom. The molecular weight excluding hydrogens is 648 g/mol. The van der Waals surface area contributed by atoms with Gasteiger partial charge < -0.3 is 20.1 Å². The van der Waals surface area contributed by atoms with Crippen LogP contribution in [0.4, 0.5) is 0 Å². The Morgan fingerprint density at radius 2 is 0.980 bits per heavy atom. The van der Waals surface area contributed by atoms with Crippen LogP contribution in [0.3, 0.4) is 0 Å². The van der Waals surface area contributed by atoms with E-state index in [9.17, 15) is 19.8 Å². The second kappa shape index (κ2) is 14.6. The number of methoxy groups -OCH3 is 1. The molecule has 0 saturated carbocycles. The van der Waals surface area contributed by atoms with E-state index in [4.69, 9.17) is 9.84 Å². The van der Waals surface area contributed by atoms with Crippen molar-refractivity contribution in [2.24, 2.45) is 0 Å². The van der Waals surface area contributed by atoms with Gasteiger partial charge in [0.1, 0.15) is 44.9 Å². The Morgan fingerprint density at radius 1 is 0.627 bits per heavy atom. The number of nitrogens with zero attached hydrogens (tertiary/aromatic N) is 6. The van der Waals surface area contributed by atoms with Gasteiger partial charge in [-0.05, 0) is 71.2 Å². The molecule has 12 nitrogen and oxygen atoms in total. The van der Waals surface area contributed by atoms with E-state index < -0.39 is 5.97 Å². The Bertz CT molecular complexity index is 2140. The maximum atomic E-state index is 11.5. The van der Waals surface area contributed by atoms with E-state index in [-0.39, 0.29) is 41.1 Å². The van der Waals surface area contributed by atoms with E-state index in [0.717, 1.165) is 44.3 Å². The number of carbonyl (C=O) groups is 2. The predicted octanol–water partition coefficient (Wildman–Crippen LogP) is 6.97. The lowest BCUT2D eigenvalue weighted by atomic mass is 9.84. The Kier molecular flexibility index (Phi) is 10.4. The summed E-state index contributed by atoms with van der Waals surface area (Å²) in [6.45, 7) is 12.1. The summed E-state index contributed by atoms with van der Waals surface area (Å²) >= 11 is 0. The number of rotatable bonds is 8. The van der Waals surface area contributed by atoms with Crippen molar-refractivity contribution in [1.82, 2.24) is 30.0 Å². The predicted molar refractivity (Wildman–Crippen MR) is 195 cm³/mol. The molecule has 2 heterocycles. The first-order valence-corrected chi connectivity index (χ1v) is 16.7. The van der Waals surface area contributed by atoms with E-state index >= 15 is 0 Å². The van der Waals surface area contributed by atoms with E-state index in [2.05, 4.69) is 20.4 Å². The quantitative estimate of drug-likeness (QED) is 0.142. The third-order valence-corrected chi connectivity index (χ3v) is 8.39. The van der Waals surface area contributed by atoms with Crippen molar-refractivity contribution in [2.45, 2.75) is 78.1 Å². The first-order chi connectivity index (χ1) is 24.0. The number of ether oxygens (including phenoxy) is 1. The number of phenols is 2. The number of fused-ring (bicyclic) bond motifs is 2. The molecular formula is C39H44N6O6. The maximum absolute atomic E-state index is 11.5. The van der Waals surface area contributed by atoms with Crippen molar-refractivity contribution >= 4 is 34.0 Å². The monoisotopic (exact) mass is 692 g/mol. The lowest BCUT2D eigenvalue weighted by Gasteiger charge is -2.23. The summed E-state index contributed by atoms with van der Waals surface area (Å²) in [4.78, 5) is 25.3. The Labute approximate surface area is 296 Å². The smallest absolute Gasteiger partial charge is 0.305 e. The number of benzene rings is 4. The summed E-state index contributed by atoms with van der Waals surface area (Å²) in [7, 11) is 1.38. The summed E-state index contributed by atoms with van der Waals surface area (Å²) in [6.07, 6.45) is 1.21. The van der Waals surface area contributed by atoms with Crippen LogP contribution in [0.1, 0.15) is 76.6 Å². The highest BCUT2D eigenvalue weighted by Crippen LogP contribution is 2.38. The van der Waals surface area contributed by atoms with Crippen molar-refractivity contribution in [3.8, 4) is 22.9 Å². The largest absolute Gasteiger partial charge is 0.505 e. The van der Waals surface area contributed by atoms with E-state index in [1.165, 1.54) is 16.7 Å². The maximum Gasteiger partial charge on any atom is 0.305 e. The number of aromatic nitrogens is 6. The van der Waals surface area contributed by atoms with Crippen LogP contribution in [0, 0.1) is 0 Å². The molecule has 0 aliphatic heterocycles. The van der Waals surface area contributed by atoms with Gasteiger partial charge in [0.05, 0.1) is 7.11 Å². The Balaban J connectivity index is 0.000000198. The standard InChI is InChI=1S/C20H23N3O3.C19H21N3O3/c1-20(2,3)14-11-13(9-10-18(24)26-4)12-17(19(14)25)23-21-15-7-5-6-8-16(15)22-23;1-19(2,3)13-10-12(8-9-17(23)24)11-16(18(13)25)22-20-14-6-4-5-7-15(14)21-22/h5-8,11-12,25H,9-10H2,1-4H3;4-7,10-11,25H,8-9H2,1-3H3,(H,23,24). The summed E-state index contributed by atoms with van der Waals surface area (Å²) in [5.74, 6) is -0.846. The van der Waals surface area contributed by atoms with Crippen LogP contribution in [-0.2, 0) is 38.0 Å². The van der Waals surface area contributed by atoms with Gasteiger partial charge in [-0.3, -0.25) is 9.59 Å². The SMILES string of the molecule is CC(C)(C)c1cc(CCC(=O)O)cc(-n2nc3ccccc3n2)c1O.COC(=O)CCc1cc(-n2nc3ccccc3n2)c(O)c(C(C)(C)C)c1. The minimum absolute atomic E-state index is 0.0301. The lowest BCUT2D eigenvalue weighted by molar-refractivity contribution is -0.140. The van der Waals surface area contributed by atoms with Crippen molar-refractivity contribution in [3.63, 3.8) is 0 Å². The molecule has 51 heavy (non-hydrogen) atoms. The van der Waals surface area contributed by atoms with Crippen LogP contribution in [0.5, 0.6) is 11.5 Å². The topological polar surface area (TPSA) is 165 Å². The third-order valence-electron chi connectivity index (χ3n) is 8.39. The molecule has 0 atom stereocenters. The zero-order chi connectivity index (χ0) is 37.1. The molecule has 0 amide bonds. The highest BCUT2D eigenvalue weighted by molar-refractivity contribution is 5.75. The highest BCUT2D eigenvalue weighted by atomic mass is 16.5. The number of esters is 1. The molecule has 6 rings (SSSR count). The molecule has 0 aliphatic rings. The molecule has 6 aromatic rings. The van der Waals surface area contributed by atoms with Gasteiger partial charge in [-0.2, -0.15) is 0 Å². The fourth-order valence-electron chi connectivity index (χ4n) is 5.63. The number of carbonyl (C=O) groups excluding carboxylic acids is 1. The Hall–Kier alpha value is -5.78. The second-order valence-electron chi connectivity index (χ2n) is 14.4. The molecule has 0 radical (unpaired) electrons. The molecule has 4 aromatic carbocycles. The van der Waals surface area contributed by atoms with Gasteiger partial charge in [0.2, 0.25) is 0 Å². The molecule has 2 aromatic heterocycles. The number of aliphatic carboxylic acids is 1. The van der Waals surface area contributed by atoms with Crippen molar-refractivity contribution in [1.29, 1.82) is 0 Å². The number of hydrogen-bond acceptors (Lipinski definition) is 9. The van der Waals surface area contributed by atoms with Gasteiger partial charge in [0.25, 0.3) is 0 Å². The van der Waals surface area contributed by atoms with Crippen LogP contribution in [0.15, 0.2) is 72.8 Å². The zero-order valence-corrected chi connectivity index (χ0v) is 30.0. The number of hydrogen-bond donors (Lipinski definition) is 3. The summed E-state index contributed by atoms with van der Waals surface area (Å²) < 4.78 is 4.73. The van der Waals surface area contributed by atoms with E-state index in [1.54, 1.807) is 6.07 Å². The molecule has 0 unspecified atom stereocenters. The fourth-order valence-corrected chi connectivity index (χ4v) is 5.63. The van der Waals surface area contributed by atoms with Crippen LogP contribution in [0.25, 0.3) is 33.4 Å². The average Bonchev–Trinajstić information content (AvgIpc) is 3.71. The van der Waals surface area contributed by atoms with Gasteiger partial charge in [0.15, 0.2) is 0 Å². The number of carboxylic acid groups (broad SMARTS) is 1. The average molecular weight is 693 g/mol. The number of carboxylic acids is 1. The third kappa shape index (κ3) is 8.51. The number of aryl methyl sites for hydroxylation is 2. The lowest BCUT2D eigenvalue weighted by Crippen LogP contribution is -2.14. The molecule has 0 aliphatic carbocycles. The minimum atomic E-state index is -0.852. The zero-order valence-electron chi connectivity index (χ0n) is 30.0. The van der Waals surface area contributed by atoms with Gasteiger partial charge in [-0.15, -0.1) is 30.0 Å². The molecule has 12 heteroatoms. The molecule has 0 spiro atoms. The van der Waals surface area contributed by atoms with Crippen LogP contribution in [0.2, 0.25) is 0 Å². The molecule has 0 saturated heterocycles. The summed E-state index contributed by atoms with van der Waals surface area (Å²) in [6, 6.07) is 22.4. The van der Waals surface area contributed by atoms with Crippen molar-refractivity contribution < 1.29 is 29.6 Å². The molecule has 3 N–H and O–H groups in total. The number of phenolic OH excluding ortho intramolecular Hbond substituents is 2. The van der Waals surface area contributed by atoms with Gasteiger partial charge in [-0.1, -0.05) is 77.9 Å². The van der Waals surface area contributed by atoms with Crippen LogP contribution >= 0.6 is 0 Å². The highest BCUT2D eigenvalue weighted by Gasteiger charge is 2.25. The minimum Gasteiger partial charge on any atom is -0.505 e. The van der Waals surface area contributed by atoms with Crippen molar-refractivity contribution in [3.05, 3.63) is 95.1 Å². The summed E-state index contributed by atoms with van der Waals surface area (Å²) in [5.41, 5.74) is 6.66. The first kappa shape index (κ1) is 36.5. The molecule has 266 valence electrons. The second-order valence-corrected chi connectivity index (χ2v) is 14.4. The van der Waals surface area contributed by atoms with Gasteiger partial charge in [-0.25, -0.2) is 0 Å². The van der Waals surface area contributed by atoms with Gasteiger partial charge in [0, 0.05) is 24.0 Å². The van der Waals surface area contributed by atoms with E-state index in [1.807, 2.05) is 108 Å². The van der Waals surface area contributed by atoms with Crippen molar-refractivity contribution in [2.75, 3.05) is 7.11 Å². The van der Waals surface area contributed by atoms with Gasteiger partial charge >= 0.3 is 11.9 Å². The first-order valence-electron chi connectivity index (χ1n) is 16.7. The van der Waals surface area contributed by atoms with E-state index in [0.29, 0.717) is 24.2 Å². The molecule has 0 bridgehead atoms. The fraction of sp³-hybridized carbons (Fsp3) is 0.333. The summed E-state index contributed by atoms with van der Waals surface area (Å²) in [5, 5.41) is 48.4. The normalized spacial score (nSPS) is 11.7. The number of aromatic hydroxyl groups is 2. The molecule has 0 fully saturated rings. The van der Waals surface area contributed by atoms with Crippen LogP contribution in [-0.4, -0.2) is 64.4 Å². The van der Waals surface area contributed by atoms with Crippen LogP contribution < -0.4 is 0 Å².